The summed E-state index contributed by atoms with van der Waals surface area (Å²) in [6, 6.07) is 3.15. The van der Waals surface area contributed by atoms with Crippen LogP contribution in [0.4, 0.5) is 13.2 Å². The lowest BCUT2D eigenvalue weighted by atomic mass is 9.94. The highest BCUT2D eigenvalue weighted by atomic mass is 35.5. The first kappa shape index (κ1) is 23.7. The van der Waals surface area contributed by atoms with Crippen LogP contribution >= 0.6 is 24.2 Å². The molecular weight excluding hydrogens is 447 g/mol. The third kappa shape index (κ3) is 5.97. The van der Waals surface area contributed by atoms with Gasteiger partial charge in [-0.25, -0.2) is 9.67 Å². The lowest BCUT2D eigenvalue weighted by molar-refractivity contribution is -0.137. The first-order chi connectivity index (χ1) is 14.0. The molecular formula is C17H17ClF3N5O3S. The molecule has 0 radical (unpaired) electrons. The van der Waals surface area contributed by atoms with E-state index in [1.165, 1.54) is 25.5 Å². The fraction of sp³-hybridized carbons (Fsp3) is 0.294. The average Bonchev–Trinajstić information content (AvgIpc) is 3.17. The second-order valence-corrected chi connectivity index (χ2v) is 7.21. The summed E-state index contributed by atoms with van der Waals surface area (Å²) in [5, 5.41) is 13.2. The number of carbonyl (C=O) groups excluding carboxylic acids is 2. The van der Waals surface area contributed by atoms with E-state index in [-0.39, 0.29) is 22.2 Å². The molecule has 0 aliphatic carbocycles. The van der Waals surface area contributed by atoms with E-state index in [9.17, 15) is 27.9 Å². The lowest BCUT2D eigenvalue weighted by Crippen LogP contribution is -2.50. The fourth-order valence-electron chi connectivity index (χ4n) is 2.01. The van der Waals surface area contributed by atoms with Crippen LogP contribution in [0.1, 0.15) is 12.5 Å². The van der Waals surface area contributed by atoms with E-state index >= 15 is 0 Å². The first-order valence-electron chi connectivity index (χ1n) is 8.27. The zero-order chi connectivity index (χ0) is 22.5. The van der Waals surface area contributed by atoms with Gasteiger partial charge in [-0.15, -0.1) is 29.3 Å². The van der Waals surface area contributed by atoms with Crippen LogP contribution in [0.3, 0.4) is 0 Å². The SMILES string of the molecule is CC(CO)(CCl)C(=O)NNC(=O)/C=C\n1cnc(-c2cc(S)cc(C(F)(F)F)c2)n1. The molecule has 3 N–H and O–H groups in total. The van der Waals surface area contributed by atoms with Crippen LogP contribution in [0.15, 0.2) is 35.5 Å². The van der Waals surface area contributed by atoms with Gasteiger partial charge in [0.05, 0.1) is 17.6 Å². The molecule has 0 spiro atoms. The Labute approximate surface area is 179 Å². The molecule has 1 unspecified atom stereocenters. The molecule has 0 bridgehead atoms. The number of nitrogens with zero attached hydrogens (tertiary/aromatic N) is 3. The summed E-state index contributed by atoms with van der Waals surface area (Å²) in [4.78, 5) is 27.7. The van der Waals surface area contributed by atoms with Crippen molar-refractivity contribution in [3.8, 4) is 11.4 Å². The summed E-state index contributed by atoms with van der Waals surface area (Å²) in [6.07, 6.45) is -1.17. The second kappa shape index (κ2) is 9.49. The zero-order valence-electron chi connectivity index (χ0n) is 15.4. The van der Waals surface area contributed by atoms with Crippen LogP contribution < -0.4 is 10.9 Å². The predicted molar refractivity (Wildman–Crippen MR) is 105 cm³/mol. The van der Waals surface area contributed by atoms with Crippen LogP contribution in [0.5, 0.6) is 0 Å². The van der Waals surface area contributed by atoms with Gasteiger partial charge in [0.1, 0.15) is 6.33 Å². The number of carbonyl (C=O) groups is 2. The molecule has 13 heteroatoms. The Bertz CT molecular complexity index is 960. The van der Waals surface area contributed by atoms with Crippen molar-refractivity contribution in [3.63, 3.8) is 0 Å². The molecule has 0 aliphatic heterocycles. The van der Waals surface area contributed by atoms with Crippen LogP contribution in [-0.4, -0.2) is 44.2 Å². The number of thiol groups is 1. The van der Waals surface area contributed by atoms with Gasteiger partial charge in [0, 0.05) is 28.6 Å². The van der Waals surface area contributed by atoms with E-state index in [1.807, 2.05) is 0 Å². The maximum atomic E-state index is 12.9. The number of alkyl halides is 4. The van der Waals surface area contributed by atoms with Gasteiger partial charge in [-0.1, -0.05) is 0 Å². The molecule has 0 aliphatic rings. The number of amides is 2. The Morgan fingerprint density at radius 1 is 1.30 bits per heavy atom. The molecule has 2 rings (SSSR count). The minimum atomic E-state index is -4.55. The molecule has 1 aromatic heterocycles. The largest absolute Gasteiger partial charge is 0.416 e. The highest BCUT2D eigenvalue weighted by Crippen LogP contribution is 2.33. The van der Waals surface area contributed by atoms with Crippen LogP contribution in [-0.2, 0) is 15.8 Å². The fourth-order valence-corrected chi connectivity index (χ4v) is 2.50. The molecule has 1 atom stereocenters. The third-order valence-electron chi connectivity index (χ3n) is 3.88. The number of hydrazine groups is 1. The zero-order valence-corrected chi connectivity index (χ0v) is 17.1. The number of benzene rings is 1. The van der Waals surface area contributed by atoms with Crippen molar-refractivity contribution in [2.45, 2.75) is 18.0 Å². The van der Waals surface area contributed by atoms with E-state index in [0.717, 1.165) is 22.9 Å². The van der Waals surface area contributed by atoms with Crippen molar-refractivity contribution < 1.29 is 27.9 Å². The molecule has 2 amide bonds. The number of rotatable bonds is 6. The monoisotopic (exact) mass is 463 g/mol. The van der Waals surface area contributed by atoms with Crippen molar-refractivity contribution in [1.29, 1.82) is 0 Å². The third-order valence-corrected chi connectivity index (χ3v) is 4.73. The molecule has 0 saturated heterocycles. The van der Waals surface area contributed by atoms with Gasteiger partial charge in [0.15, 0.2) is 5.82 Å². The lowest BCUT2D eigenvalue weighted by Gasteiger charge is -2.22. The second-order valence-electron chi connectivity index (χ2n) is 6.43. The van der Waals surface area contributed by atoms with E-state index in [2.05, 4.69) is 33.6 Å². The summed E-state index contributed by atoms with van der Waals surface area (Å²) < 4.78 is 39.9. The predicted octanol–water partition coefficient (Wildman–Crippen LogP) is 2.11. The Morgan fingerprint density at radius 3 is 2.60 bits per heavy atom. The topological polar surface area (TPSA) is 109 Å². The molecule has 30 heavy (non-hydrogen) atoms. The summed E-state index contributed by atoms with van der Waals surface area (Å²) in [5.74, 6) is -1.58. The van der Waals surface area contributed by atoms with Gasteiger partial charge < -0.3 is 5.11 Å². The maximum Gasteiger partial charge on any atom is 0.416 e. The summed E-state index contributed by atoms with van der Waals surface area (Å²) in [6.45, 7) is 0.900. The molecule has 0 saturated carbocycles. The molecule has 1 heterocycles. The minimum Gasteiger partial charge on any atom is -0.395 e. The molecule has 2 aromatic rings. The van der Waals surface area contributed by atoms with Gasteiger partial charge in [-0.2, -0.15) is 13.2 Å². The van der Waals surface area contributed by atoms with Gasteiger partial charge in [-0.3, -0.25) is 20.4 Å². The maximum absolute atomic E-state index is 12.9. The average molecular weight is 464 g/mol. The number of hydrogen-bond donors (Lipinski definition) is 4. The smallest absolute Gasteiger partial charge is 0.395 e. The van der Waals surface area contributed by atoms with Crippen molar-refractivity contribution in [1.82, 2.24) is 25.6 Å². The Hall–Kier alpha value is -2.57. The number of aliphatic hydroxyl groups is 1. The van der Waals surface area contributed by atoms with E-state index in [1.54, 1.807) is 0 Å². The van der Waals surface area contributed by atoms with Crippen LogP contribution in [0.2, 0.25) is 0 Å². The van der Waals surface area contributed by atoms with Crippen molar-refractivity contribution in [2.24, 2.45) is 5.41 Å². The number of nitrogens with one attached hydrogen (secondary N) is 2. The summed E-state index contributed by atoms with van der Waals surface area (Å²) in [7, 11) is 0. The molecule has 0 fully saturated rings. The quantitative estimate of drug-likeness (QED) is 0.227. The minimum absolute atomic E-state index is 0.00409. The number of aromatic nitrogens is 3. The van der Waals surface area contributed by atoms with Crippen molar-refractivity contribution >= 4 is 42.2 Å². The van der Waals surface area contributed by atoms with Crippen molar-refractivity contribution in [2.75, 3.05) is 12.5 Å². The van der Waals surface area contributed by atoms with Gasteiger partial charge in [0.2, 0.25) is 5.91 Å². The first-order valence-corrected chi connectivity index (χ1v) is 9.25. The highest BCUT2D eigenvalue weighted by molar-refractivity contribution is 7.80. The Morgan fingerprint density at radius 2 is 2.00 bits per heavy atom. The van der Waals surface area contributed by atoms with Gasteiger partial charge >= 0.3 is 6.18 Å². The Balaban J connectivity index is 2.05. The van der Waals surface area contributed by atoms with E-state index < -0.39 is 35.6 Å². The highest BCUT2D eigenvalue weighted by Gasteiger charge is 2.32. The summed E-state index contributed by atoms with van der Waals surface area (Å²) in [5.41, 5.74) is 2.17. The van der Waals surface area contributed by atoms with Gasteiger partial charge in [0.25, 0.3) is 5.91 Å². The van der Waals surface area contributed by atoms with E-state index in [0.29, 0.717) is 0 Å². The Kier molecular flexibility index (Phi) is 7.50. The number of halogens is 4. The number of aliphatic hydroxyl groups excluding tert-OH is 1. The van der Waals surface area contributed by atoms with Gasteiger partial charge in [-0.05, 0) is 25.1 Å². The standard InChI is InChI=1S/C17H17ClF3N5O3S/c1-16(7-18,8-27)15(29)24-23-13(28)2-3-26-9-22-14(25-26)10-4-11(17(19,20)21)6-12(30)5-10/h2-6,9,27,30H,7-8H2,1H3,(H,23,28)(H,24,29)/b3-2-. The number of hydrogen-bond acceptors (Lipinski definition) is 6. The van der Waals surface area contributed by atoms with E-state index in [4.69, 9.17) is 11.6 Å². The molecule has 8 nitrogen and oxygen atoms in total. The summed E-state index contributed by atoms with van der Waals surface area (Å²) >= 11 is 9.59. The van der Waals surface area contributed by atoms with Crippen LogP contribution in [0, 0.1) is 5.41 Å². The molecule has 162 valence electrons. The normalized spacial score (nSPS) is 13.8. The van der Waals surface area contributed by atoms with Crippen LogP contribution in [0.25, 0.3) is 17.6 Å². The van der Waals surface area contributed by atoms with Crippen molar-refractivity contribution in [3.05, 3.63) is 36.2 Å². The molecule has 1 aromatic carbocycles.